The molecule has 1 aromatic carbocycles. The fourth-order valence-electron chi connectivity index (χ4n) is 3.57. The van der Waals surface area contributed by atoms with Crippen LogP contribution in [0, 0.1) is 12.8 Å². The molecular weight excluding hydrogens is 422 g/mol. The van der Waals surface area contributed by atoms with E-state index >= 15 is 0 Å². The van der Waals surface area contributed by atoms with Gasteiger partial charge in [0.1, 0.15) is 4.88 Å². The number of sulfone groups is 1. The summed E-state index contributed by atoms with van der Waals surface area (Å²) < 4.78 is 29.0. The Morgan fingerprint density at radius 3 is 2.50 bits per heavy atom. The Kier molecular flexibility index (Phi) is 6.98. The average Bonchev–Trinajstić information content (AvgIpc) is 3.31. The zero-order chi connectivity index (χ0) is 21.9. The SMILES string of the molecule is Cc1ccc(-c2ccsc2C(=O)OCC(=O)N(CC(C)C)[C@H]2CCS(=O)(=O)C2)cc1. The third-order valence-electron chi connectivity index (χ3n) is 5.07. The van der Waals surface area contributed by atoms with Crippen molar-refractivity contribution < 1.29 is 22.7 Å². The molecule has 0 spiro atoms. The van der Waals surface area contributed by atoms with Crippen molar-refractivity contribution in [2.24, 2.45) is 5.92 Å². The van der Waals surface area contributed by atoms with Crippen LogP contribution in [0.15, 0.2) is 35.7 Å². The Bertz CT molecular complexity index is 1010. The molecule has 1 aliphatic rings. The Labute approximate surface area is 181 Å². The summed E-state index contributed by atoms with van der Waals surface area (Å²) in [7, 11) is -3.12. The van der Waals surface area contributed by atoms with Crippen molar-refractivity contribution in [3.63, 3.8) is 0 Å². The minimum absolute atomic E-state index is 0.0259. The first kappa shape index (κ1) is 22.5. The maximum atomic E-state index is 12.8. The number of thiophene rings is 1. The van der Waals surface area contributed by atoms with Crippen LogP contribution in [0.3, 0.4) is 0 Å². The van der Waals surface area contributed by atoms with E-state index in [1.54, 1.807) is 4.90 Å². The van der Waals surface area contributed by atoms with Gasteiger partial charge in [-0.25, -0.2) is 13.2 Å². The van der Waals surface area contributed by atoms with Gasteiger partial charge in [-0.15, -0.1) is 11.3 Å². The zero-order valence-electron chi connectivity index (χ0n) is 17.5. The first-order valence-corrected chi connectivity index (χ1v) is 12.7. The molecule has 3 rings (SSSR count). The van der Waals surface area contributed by atoms with Crippen molar-refractivity contribution in [1.82, 2.24) is 4.90 Å². The molecule has 1 saturated heterocycles. The highest BCUT2D eigenvalue weighted by atomic mass is 32.2. The predicted octanol–water partition coefficient (Wildman–Crippen LogP) is 3.55. The van der Waals surface area contributed by atoms with Gasteiger partial charge in [-0.2, -0.15) is 0 Å². The van der Waals surface area contributed by atoms with Crippen LogP contribution in [-0.2, 0) is 19.4 Å². The van der Waals surface area contributed by atoms with Crippen molar-refractivity contribution in [1.29, 1.82) is 0 Å². The number of nitrogens with zero attached hydrogens (tertiary/aromatic N) is 1. The quantitative estimate of drug-likeness (QED) is 0.604. The van der Waals surface area contributed by atoms with Crippen LogP contribution in [0.5, 0.6) is 0 Å². The van der Waals surface area contributed by atoms with Crippen LogP contribution in [0.1, 0.15) is 35.5 Å². The summed E-state index contributed by atoms with van der Waals surface area (Å²) in [4.78, 5) is 27.5. The van der Waals surface area contributed by atoms with Gasteiger partial charge in [0.2, 0.25) is 0 Å². The number of esters is 1. The van der Waals surface area contributed by atoms with E-state index in [2.05, 4.69) is 0 Å². The Morgan fingerprint density at radius 1 is 1.20 bits per heavy atom. The number of carbonyl (C=O) groups is 2. The van der Waals surface area contributed by atoms with Crippen molar-refractivity contribution >= 4 is 33.1 Å². The van der Waals surface area contributed by atoms with E-state index in [-0.39, 0.29) is 29.4 Å². The number of hydrogen-bond acceptors (Lipinski definition) is 6. The van der Waals surface area contributed by atoms with Gasteiger partial charge in [-0.1, -0.05) is 43.7 Å². The standard InChI is InChI=1S/C22H27NO5S2/c1-15(2)12-23(18-9-11-30(26,27)14-18)20(24)13-28-22(25)21-19(8-10-29-21)17-6-4-16(3)5-7-17/h4-8,10,15,18H,9,11-14H2,1-3H3/t18-/m0/s1. The lowest BCUT2D eigenvalue weighted by atomic mass is 10.1. The normalized spacial score (nSPS) is 17.8. The summed E-state index contributed by atoms with van der Waals surface area (Å²) >= 11 is 1.27. The molecule has 2 heterocycles. The highest BCUT2D eigenvalue weighted by molar-refractivity contribution is 7.91. The Hall–Kier alpha value is -2.19. The molecule has 2 aromatic rings. The number of hydrogen-bond donors (Lipinski definition) is 0. The molecule has 1 aliphatic heterocycles. The molecule has 0 N–H and O–H groups in total. The molecule has 30 heavy (non-hydrogen) atoms. The van der Waals surface area contributed by atoms with Crippen molar-refractivity contribution in [3.8, 4) is 11.1 Å². The van der Waals surface area contributed by atoms with Crippen molar-refractivity contribution in [2.75, 3.05) is 24.7 Å². The van der Waals surface area contributed by atoms with Crippen molar-refractivity contribution in [3.05, 3.63) is 46.2 Å². The molecule has 1 atom stereocenters. The van der Waals surface area contributed by atoms with Gasteiger partial charge in [0.25, 0.3) is 5.91 Å². The molecule has 1 amide bonds. The third-order valence-corrected chi connectivity index (χ3v) is 7.72. The smallest absolute Gasteiger partial charge is 0.349 e. The third kappa shape index (κ3) is 5.49. The lowest BCUT2D eigenvalue weighted by molar-refractivity contribution is -0.137. The Morgan fingerprint density at radius 2 is 1.90 bits per heavy atom. The minimum Gasteiger partial charge on any atom is -0.451 e. The number of amides is 1. The first-order valence-electron chi connectivity index (χ1n) is 9.98. The highest BCUT2D eigenvalue weighted by Gasteiger charge is 2.35. The number of benzene rings is 1. The monoisotopic (exact) mass is 449 g/mol. The fourth-order valence-corrected chi connectivity index (χ4v) is 6.11. The largest absolute Gasteiger partial charge is 0.451 e. The Balaban J connectivity index is 1.68. The summed E-state index contributed by atoms with van der Waals surface area (Å²) in [6.07, 6.45) is 0.428. The fraction of sp³-hybridized carbons (Fsp3) is 0.455. The van der Waals surface area contributed by atoms with Gasteiger partial charge in [-0.05, 0) is 36.3 Å². The number of carbonyl (C=O) groups excluding carboxylic acids is 2. The second-order valence-electron chi connectivity index (χ2n) is 8.10. The highest BCUT2D eigenvalue weighted by Crippen LogP contribution is 2.29. The molecule has 0 unspecified atom stereocenters. The lowest BCUT2D eigenvalue weighted by Crippen LogP contribution is -2.45. The number of rotatable bonds is 7. The van der Waals surface area contributed by atoms with E-state index in [1.807, 2.05) is 56.5 Å². The maximum Gasteiger partial charge on any atom is 0.349 e. The van der Waals surface area contributed by atoms with Gasteiger partial charge in [-0.3, -0.25) is 4.79 Å². The summed E-state index contributed by atoms with van der Waals surface area (Å²) in [5.41, 5.74) is 2.82. The number of aryl methyl sites for hydroxylation is 1. The van der Waals surface area contributed by atoms with Crippen LogP contribution >= 0.6 is 11.3 Å². The summed E-state index contributed by atoms with van der Waals surface area (Å²) in [6.45, 7) is 5.97. The van der Waals surface area contributed by atoms with Crippen molar-refractivity contribution in [2.45, 2.75) is 33.2 Å². The number of ether oxygens (including phenoxy) is 1. The average molecular weight is 450 g/mol. The molecule has 0 aliphatic carbocycles. The first-order chi connectivity index (χ1) is 14.2. The van der Waals surface area contributed by atoms with Crippen LogP contribution < -0.4 is 0 Å². The molecule has 1 fully saturated rings. The molecule has 0 bridgehead atoms. The van der Waals surface area contributed by atoms with E-state index in [9.17, 15) is 18.0 Å². The van der Waals surface area contributed by atoms with E-state index in [1.165, 1.54) is 11.3 Å². The summed E-state index contributed by atoms with van der Waals surface area (Å²) in [5.74, 6) is -0.653. The molecular formula is C22H27NO5S2. The molecule has 0 saturated carbocycles. The molecule has 6 nitrogen and oxygen atoms in total. The molecule has 162 valence electrons. The van der Waals surface area contributed by atoms with Crippen LogP contribution in [0.2, 0.25) is 0 Å². The minimum atomic E-state index is -3.12. The molecule has 8 heteroatoms. The lowest BCUT2D eigenvalue weighted by Gasteiger charge is -2.29. The van der Waals surface area contributed by atoms with Crippen LogP contribution in [-0.4, -0.2) is 55.9 Å². The van der Waals surface area contributed by atoms with E-state index in [0.29, 0.717) is 17.8 Å². The second-order valence-corrected chi connectivity index (χ2v) is 11.2. The maximum absolute atomic E-state index is 12.8. The zero-order valence-corrected chi connectivity index (χ0v) is 19.1. The van der Waals surface area contributed by atoms with E-state index in [0.717, 1.165) is 16.7 Å². The van der Waals surface area contributed by atoms with Gasteiger partial charge in [0.05, 0.1) is 11.5 Å². The van der Waals surface area contributed by atoms with E-state index in [4.69, 9.17) is 4.74 Å². The van der Waals surface area contributed by atoms with Crippen LogP contribution in [0.4, 0.5) is 0 Å². The van der Waals surface area contributed by atoms with Gasteiger partial charge < -0.3 is 9.64 Å². The predicted molar refractivity (Wildman–Crippen MR) is 118 cm³/mol. The molecule has 1 aromatic heterocycles. The summed E-state index contributed by atoms with van der Waals surface area (Å²) in [6, 6.07) is 9.36. The molecule has 0 radical (unpaired) electrons. The van der Waals surface area contributed by atoms with E-state index < -0.39 is 22.4 Å². The second kappa shape index (κ2) is 9.31. The van der Waals surface area contributed by atoms with Gasteiger partial charge >= 0.3 is 5.97 Å². The summed E-state index contributed by atoms with van der Waals surface area (Å²) in [5, 5.41) is 1.82. The topological polar surface area (TPSA) is 80.8 Å². The van der Waals surface area contributed by atoms with Gasteiger partial charge in [0, 0.05) is 18.2 Å². The van der Waals surface area contributed by atoms with Crippen LogP contribution in [0.25, 0.3) is 11.1 Å². The van der Waals surface area contributed by atoms with Gasteiger partial charge in [0.15, 0.2) is 16.4 Å².